The summed E-state index contributed by atoms with van der Waals surface area (Å²) in [6.45, 7) is 2.46. The summed E-state index contributed by atoms with van der Waals surface area (Å²) >= 11 is 0. The maximum atomic E-state index is 15.8. The van der Waals surface area contributed by atoms with Gasteiger partial charge >= 0.3 is 17.8 Å². The SMILES string of the molecule is Cc1ccc(OC(=O)[C@H](Cc2ccc(-n3c(=O)c4ccncc4n(C)c3=O)c3ncccc23)NC(=O)c2c(C)cc(N3CCOC[C@@H]3C(F)(F)F)cc2F)cc1. The molecule has 0 spiro atoms. The Labute approximate surface area is 315 Å². The van der Waals surface area contributed by atoms with Crippen LogP contribution < -0.4 is 26.2 Å². The van der Waals surface area contributed by atoms with Gasteiger partial charge in [0.1, 0.15) is 23.7 Å². The number of anilines is 1. The molecular formula is C40H34F4N6O6. The molecule has 1 aliphatic heterocycles. The van der Waals surface area contributed by atoms with Gasteiger partial charge in [-0.1, -0.05) is 29.8 Å². The van der Waals surface area contributed by atoms with Crippen molar-refractivity contribution >= 4 is 39.4 Å². The van der Waals surface area contributed by atoms with E-state index in [1.165, 1.54) is 55.3 Å². The number of rotatable bonds is 8. The summed E-state index contributed by atoms with van der Waals surface area (Å²) in [5, 5.41) is 3.27. The van der Waals surface area contributed by atoms with E-state index in [4.69, 9.17) is 9.47 Å². The van der Waals surface area contributed by atoms with E-state index in [0.29, 0.717) is 16.5 Å². The summed E-state index contributed by atoms with van der Waals surface area (Å²) < 4.78 is 70.2. The number of esters is 1. The summed E-state index contributed by atoms with van der Waals surface area (Å²) in [5.74, 6) is -2.81. The highest BCUT2D eigenvalue weighted by atomic mass is 19.4. The van der Waals surface area contributed by atoms with E-state index < -0.39 is 59.4 Å². The number of benzene rings is 3. The molecule has 0 radical (unpaired) electrons. The first-order valence-electron chi connectivity index (χ1n) is 17.5. The molecule has 288 valence electrons. The van der Waals surface area contributed by atoms with Crippen LogP contribution in [-0.4, -0.2) is 69.0 Å². The van der Waals surface area contributed by atoms with E-state index in [0.717, 1.165) is 21.1 Å². The zero-order chi connectivity index (χ0) is 39.9. The van der Waals surface area contributed by atoms with E-state index in [9.17, 15) is 32.3 Å². The molecule has 1 N–H and O–H groups in total. The third kappa shape index (κ3) is 7.22. The van der Waals surface area contributed by atoms with E-state index >= 15 is 4.39 Å². The number of aromatic nitrogens is 4. The molecule has 4 heterocycles. The van der Waals surface area contributed by atoms with E-state index in [2.05, 4.69) is 15.3 Å². The maximum absolute atomic E-state index is 15.8. The van der Waals surface area contributed by atoms with Crippen LogP contribution in [0.25, 0.3) is 27.5 Å². The fourth-order valence-corrected chi connectivity index (χ4v) is 6.88. The Balaban J connectivity index is 1.26. The molecule has 1 aliphatic rings. The number of ether oxygens (including phenoxy) is 2. The maximum Gasteiger partial charge on any atom is 0.411 e. The number of pyridine rings is 2. The van der Waals surface area contributed by atoms with Crippen molar-refractivity contribution in [3.05, 3.63) is 134 Å². The average Bonchev–Trinajstić information content (AvgIpc) is 3.17. The molecule has 0 bridgehead atoms. The minimum atomic E-state index is -4.65. The Morgan fingerprint density at radius 1 is 1.02 bits per heavy atom. The highest BCUT2D eigenvalue weighted by Gasteiger charge is 2.45. The van der Waals surface area contributed by atoms with Crippen molar-refractivity contribution in [2.75, 3.05) is 24.7 Å². The number of carbonyl (C=O) groups is 2. The highest BCUT2D eigenvalue weighted by Crippen LogP contribution is 2.33. The van der Waals surface area contributed by atoms with Crippen LogP contribution in [0.3, 0.4) is 0 Å². The van der Waals surface area contributed by atoms with Crippen molar-refractivity contribution in [3.63, 3.8) is 0 Å². The van der Waals surface area contributed by atoms with Gasteiger partial charge in [0, 0.05) is 43.5 Å². The van der Waals surface area contributed by atoms with Gasteiger partial charge in [0.05, 0.1) is 47.1 Å². The number of carbonyl (C=O) groups excluding carboxylic acids is 2. The number of aryl methyl sites for hydroxylation is 3. The van der Waals surface area contributed by atoms with Crippen LogP contribution in [0.5, 0.6) is 5.75 Å². The van der Waals surface area contributed by atoms with Crippen LogP contribution in [0.4, 0.5) is 23.2 Å². The first-order chi connectivity index (χ1) is 26.7. The number of halogens is 4. The molecule has 3 aromatic heterocycles. The fourth-order valence-electron chi connectivity index (χ4n) is 6.88. The minimum Gasteiger partial charge on any atom is -0.425 e. The summed E-state index contributed by atoms with van der Waals surface area (Å²) in [7, 11) is 1.51. The van der Waals surface area contributed by atoms with Gasteiger partial charge in [-0.05, 0) is 67.4 Å². The lowest BCUT2D eigenvalue weighted by molar-refractivity contribution is -0.167. The van der Waals surface area contributed by atoms with Crippen molar-refractivity contribution in [2.24, 2.45) is 7.05 Å². The van der Waals surface area contributed by atoms with E-state index in [1.807, 2.05) is 6.92 Å². The van der Waals surface area contributed by atoms with Gasteiger partial charge in [0.15, 0.2) is 0 Å². The second kappa shape index (κ2) is 15.0. The second-order valence-electron chi connectivity index (χ2n) is 13.4. The molecule has 16 heteroatoms. The lowest BCUT2D eigenvalue weighted by atomic mass is 9.99. The van der Waals surface area contributed by atoms with Crippen LogP contribution in [0.1, 0.15) is 27.0 Å². The zero-order valence-electron chi connectivity index (χ0n) is 30.3. The number of alkyl halides is 3. The fraction of sp³-hybridized carbons (Fsp3) is 0.250. The van der Waals surface area contributed by atoms with Crippen molar-refractivity contribution in [2.45, 2.75) is 38.5 Å². The summed E-state index contributed by atoms with van der Waals surface area (Å²) in [4.78, 5) is 64.4. The number of amides is 1. The molecule has 1 amide bonds. The van der Waals surface area contributed by atoms with Gasteiger partial charge in [-0.15, -0.1) is 0 Å². The van der Waals surface area contributed by atoms with Gasteiger partial charge in [-0.2, -0.15) is 13.2 Å². The molecular weight excluding hydrogens is 736 g/mol. The third-order valence-electron chi connectivity index (χ3n) is 9.74. The molecule has 3 aromatic carbocycles. The van der Waals surface area contributed by atoms with E-state index in [-0.39, 0.29) is 53.2 Å². The average molecular weight is 771 g/mol. The molecule has 1 saturated heterocycles. The molecule has 0 aliphatic carbocycles. The predicted molar refractivity (Wildman–Crippen MR) is 199 cm³/mol. The van der Waals surface area contributed by atoms with Crippen LogP contribution in [0.2, 0.25) is 0 Å². The molecule has 2 atom stereocenters. The lowest BCUT2D eigenvalue weighted by Gasteiger charge is -2.38. The van der Waals surface area contributed by atoms with Gasteiger partial charge in [0.25, 0.3) is 11.5 Å². The predicted octanol–water partition coefficient (Wildman–Crippen LogP) is 5.10. The highest BCUT2D eigenvalue weighted by molar-refractivity contribution is 5.99. The Morgan fingerprint density at radius 3 is 2.52 bits per heavy atom. The molecule has 7 rings (SSSR count). The standard InChI is InChI=1S/C40H34F4N6O6/c1-22-6-9-26(10-7-22)56-38(53)30(47-36(51)34-23(2)17-25(19-29(34)41)49-15-16-55-21-33(49)40(42,43)44)18-24-8-11-31(35-27(24)5-4-13-46-35)50-37(52)28-12-14-45-20-32(28)48(3)39(50)54/h4-14,17,19-20,30,33H,15-16,18,21H2,1-3H3,(H,47,51)/t30-,33+/m0/s1. The number of morpholine rings is 1. The first-order valence-corrected chi connectivity index (χ1v) is 17.5. The quantitative estimate of drug-likeness (QED) is 0.127. The molecule has 56 heavy (non-hydrogen) atoms. The normalized spacial score (nSPS) is 15.2. The van der Waals surface area contributed by atoms with Crippen molar-refractivity contribution in [1.82, 2.24) is 24.4 Å². The largest absolute Gasteiger partial charge is 0.425 e. The van der Waals surface area contributed by atoms with Gasteiger partial charge < -0.3 is 19.7 Å². The smallest absolute Gasteiger partial charge is 0.411 e. The molecule has 6 aromatic rings. The number of nitrogens with zero attached hydrogens (tertiary/aromatic N) is 5. The lowest BCUT2D eigenvalue weighted by Crippen LogP contribution is -2.53. The third-order valence-corrected chi connectivity index (χ3v) is 9.74. The van der Waals surface area contributed by atoms with Crippen LogP contribution >= 0.6 is 0 Å². The Bertz CT molecular complexity index is 2600. The van der Waals surface area contributed by atoms with Gasteiger partial charge in [0.2, 0.25) is 0 Å². The number of fused-ring (bicyclic) bond motifs is 2. The molecule has 12 nitrogen and oxygen atoms in total. The van der Waals surface area contributed by atoms with Crippen molar-refractivity contribution in [1.29, 1.82) is 0 Å². The van der Waals surface area contributed by atoms with E-state index in [1.54, 1.807) is 42.5 Å². The van der Waals surface area contributed by atoms with Crippen molar-refractivity contribution < 1.29 is 36.6 Å². The van der Waals surface area contributed by atoms with Crippen LogP contribution in [0.15, 0.2) is 94.9 Å². The summed E-state index contributed by atoms with van der Waals surface area (Å²) in [6, 6.07) is 13.2. The Hall–Kier alpha value is -6.42. The number of hydrogen-bond donors (Lipinski definition) is 1. The van der Waals surface area contributed by atoms with Gasteiger partial charge in [-0.25, -0.2) is 18.5 Å². The monoisotopic (exact) mass is 770 g/mol. The molecule has 0 saturated carbocycles. The first kappa shape index (κ1) is 37.9. The van der Waals surface area contributed by atoms with Crippen LogP contribution in [-0.2, 0) is 23.0 Å². The van der Waals surface area contributed by atoms with Crippen molar-refractivity contribution in [3.8, 4) is 11.4 Å². The second-order valence-corrected chi connectivity index (χ2v) is 13.4. The molecule has 0 unspecified atom stereocenters. The Morgan fingerprint density at radius 2 is 1.79 bits per heavy atom. The zero-order valence-corrected chi connectivity index (χ0v) is 30.3. The summed E-state index contributed by atoms with van der Waals surface area (Å²) in [6.07, 6.45) is -0.528. The number of nitrogens with one attached hydrogen (secondary N) is 1. The van der Waals surface area contributed by atoms with Crippen LogP contribution in [0, 0.1) is 19.7 Å². The Kier molecular flexibility index (Phi) is 10.2. The van der Waals surface area contributed by atoms with Gasteiger partial charge in [-0.3, -0.25) is 24.1 Å². The topological polar surface area (TPSA) is 138 Å². The molecule has 1 fully saturated rings. The summed E-state index contributed by atoms with van der Waals surface area (Å²) in [5.41, 5.74) is 0.357. The minimum absolute atomic E-state index is 0.00118. The number of hydrogen-bond acceptors (Lipinski definition) is 9.